The second kappa shape index (κ2) is 13.4. The molecular weight excluding hydrogens is 510 g/mol. The molecule has 1 atom stereocenters. The van der Waals surface area contributed by atoms with Gasteiger partial charge in [0.25, 0.3) is 10.0 Å². The second-order valence-corrected chi connectivity index (χ2v) is 11.9. The second-order valence-electron chi connectivity index (χ2n) is 10.1. The molecule has 8 heteroatoms. The maximum Gasteiger partial charge on any atom is 0.264 e. The monoisotopic (exact) mass is 549 g/mol. The summed E-state index contributed by atoms with van der Waals surface area (Å²) in [5.41, 5.74) is 3.20. The zero-order valence-corrected chi connectivity index (χ0v) is 24.2. The van der Waals surface area contributed by atoms with Gasteiger partial charge in [0.1, 0.15) is 12.6 Å². The van der Waals surface area contributed by atoms with Crippen LogP contribution in [0.25, 0.3) is 0 Å². The summed E-state index contributed by atoms with van der Waals surface area (Å²) in [6.07, 6.45) is 0.932. The van der Waals surface area contributed by atoms with E-state index in [-0.39, 0.29) is 23.4 Å². The van der Waals surface area contributed by atoms with E-state index in [2.05, 4.69) is 5.32 Å². The minimum Gasteiger partial charge on any atom is -0.352 e. The maximum atomic E-state index is 14.0. The van der Waals surface area contributed by atoms with Crippen LogP contribution in [0.5, 0.6) is 0 Å². The molecule has 0 spiro atoms. The molecule has 0 saturated heterocycles. The van der Waals surface area contributed by atoms with Gasteiger partial charge in [0.15, 0.2) is 0 Å². The molecule has 0 radical (unpaired) electrons. The molecular formula is C31H39N3O4S. The van der Waals surface area contributed by atoms with Crippen molar-refractivity contribution < 1.29 is 18.0 Å². The number of anilines is 1. The van der Waals surface area contributed by atoms with E-state index in [0.29, 0.717) is 18.5 Å². The van der Waals surface area contributed by atoms with Crippen LogP contribution in [0.4, 0.5) is 5.69 Å². The van der Waals surface area contributed by atoms with Crippen molar-refractivity contribution in [2.24, 2.45) is 0 Å². The summed E-state index contributed by atoms with van der Waals surface area (Å²) in [5.74, 6) is -0.687. The average molecular weight is 550 g/mol. The summed E-state index contributed by atoms with van der Waals surface area (Å²) >= 11 is 0. The number of aryl methyl sites for hydroxylation is 2. The Labute approximate surface area is 232 Å². The fourth-order valence-corrected chi connectivity index (χ4v) is 6.04. The Morgan fingerprint density at radius 2 is 1.44 bits per heavy atom. The minimum atomic E-state index is -4.07. The molecule has 3 aromatic carbocycles. The number of nitrogens with one attached hydrogen (secondary N) is 1. The van der Waals surface area contributed by atoms with Gasteiger partial charge in [0.2, 0.25) is 11.8 Å². The number of rotatable bonds is 12. The Morgan fingerprint density at radius 1 is 0.872 bits per heavy atom. The fraction of sp³-hybridized carbons (Fsp3) is 0.355. The van der Waals surface area contributed by atoms with E-state index in [0.717, 1.165) is 21.0 Å². The molecule has 2 amide bonds. The number of nitrogens with zero attached hydrogens (tertiary/aromatic N) is 2. The number of hydrogen-bond donors (Lipinski definition) is 1. The number of amides is 2. The third kappa shape index (κ3) is 7.93. The lowest BCUT2D eigenvalue weighted by Gasteiger charge is -2.33. The Kier molecular flexibility index (Phi) is 10.3. The smallest absolute Gasteiger partial charge is 0.264 e. The summed E-state index contributed by atoms with van der Waals surface area (Å²) in [6, 6.07) is 22.5. The largest absolute Gasteiger partial charge is 0.352 e. The Morgan fingerprint density at radius 3 is 1.97 bits per heavy atom. The molecule has 0 aromatic heterocycles. The van der Waals surface area contributed by atoms with Gasteiger partial charge in [-0.1, -0.05) is 61.5 Å². The van der Waals surface area contributed by atoms with Crippen molar-refractivity contribution in [3.63, 3.8) is 0 Å². The molecule has 39 heavy (non-hydrogen) atoms. The van der Waals surface area contributed by atoms with Gasteiger partial charge in [0, 0.05) is 12.6 Å². The van der Waals surface area contributed by atoms with E-state index < -0.39 is 28.5 Å². The van der Waals surface area contributed by atoms with Crippen LogP contribution in [0.15, 0.2) is 83.8 Å². The molecule has 0 heterocycles. The zero-order chi connectivity index (χ0) is 28.6. The predicted octanol–water partition coefficient (Wildman–Crippen LogP) is 4.87. The summed E-state index contributed by atoms with van der Waals surface area (Å²) in [5, 5.41) is 2.92. The molecule has 0 aliphatic rings. The van der Waals surface area contributed by atoms with Crippen LogP contribution < -0.4 is 9.62 Å². The van der Waals surface area contributed by atoms with Gasteiger partial charge in [-0.2, -0.15) is 0 Å². The van der Waals surface area contributed by atoms with E-state index in [4.69, 9.17) is 0 Å². The molecule has 7 nitrogen and oxygen atoms in total. The van der Waals surface area contributed by atoms with Crippen molar-refractivity contribution in [3.05, 3.63) is 95.6 Å². The molecule has 208 valence electrons. The lowest BCUT2D eigenvalue weighted by molar-refractivity contribution is -0.139. The third-order valence-corrected chi connectivity index (χ3v) is 8.19. The number of carbonyl (C=O) groups excluding carboxylic acids is 2. The Balaban J connectivity index is 2.03. The minimum absolute atomic E-state index is 0.0946. The highest BCUT2D eigenvalue weighted by molar-refractivity contribution is 7.92. The van der Waals surface area contributed by atoms with Crippen molar-refractivity contribution >= 4 is 27.5 Å². The SMILES string of the molecule is CCC(C(=O)NC(C)C)N(CCc1ccccc1)C(=O)CN(c1cc(C)cc(C)c1)S(=O)(=O)c1ccccc1. The van der Waals surface area contributed by atoms with Crippen molar-refractivity contribution in [2.45, 2.75) is 64.4 Å². The lowest BCUT2D eigenvalue weighted by Crippen LogP contribution is -2.54. The standard InChI is InChI=1S/C31H39N3O4S/c1-6-29(31(36)32-23(2)3)33(18-17-26-13-9-7-10-14-26)30(35)22-34(27-20-24(4)19-25(5)21-27)39(37,38)28-15-11-8-12-16-28/h7-16,19-21,23,29H,6,17-18,22H2,1-5H3,(H,32,36). The van der Waals surface area contributed by atoms with E-state index in [1.807, 2.05) is 71.0 Å². The first-order chi connectivity index (χ1) is 18.5. The van der Waals surface area contributed by atoms with Gasteiger partial charge >= 0.3 is 0 Å². The summed E-state index contributed by atoms with van der Waals surface area (Å²) < 4.78 is 28.9. The Hall–Kier alpha value is -3.65. The topological polar surface area (TPSA) is 86.8 Å². The molecule has 0 aliphatic carbocycles. The van der Waals surface area contributed by atoms with Crippen LogP contribution in [0, 0.1) is 13.8 Å². The molecule has 3 aromatic rings. The van der Waals surface area contributed by atoms with Gasteiger partial charge in [-0.25, -0.2) is 8.42 Å². The van der Waals surface area contributed by atoms with Crippen LogP contribution in [0.1, 0.15) is 43.9 Å². The normalized spacial score (nSPS) is 12.2. The third-order valence-electron chi connectivity index (χ3n) is 6.41. The van der Waals surface area contributed by atoms with E-state index in [9.17, 15) is 18.0 Å². The summed E-state index contributed by atoms with van der Waals surface area (Å²) in [7, 11) is -4.07. The van der Waals surface area contributed by atoms with Crippen LogP contribution in [-0.2, 0) is 26.0 Å². The zero-order valence-electron chi connectivity index (χ0n) is 23.4. The predicted molar refractivity (Wildman–Crippen MR) is 156 cm³/mol. The number of sulfonamides is 1. The van der Waals surface area contributed by atoms with Gasteiger partial charge in [-0.3, -0.25) is 13.9 Å². The summed E-state index contributed by atoms with van der Waals surface area (Å²) in [6.45, 7) is 9.22. The molecule has 0 aliphatic heterocycles. The molecule has 1 unspecified atom stereocenters. The van der Waals surface area contributed by atoms with E-state index in [1.54, 1.807) is 30.3 Å². The molecule has 0 fully saturated rings. The molecule has 0 bridgehead atoms. The Bertz CT molecular complexity index is 1340. The van der Waals surface area contributed by atoms with E-state index in [1.165, 1.54) is 17.0 Å². The summed E-state index contributed by atoms with van der Waals surface area (Å²) in [4.78, 5) is 28.8. The van der Waals surface area contributed by atoms with Crippen molar-refractivity contribution in [2.75, 3.05) is 17.4 Å². The van der Waals surface area contributed by atoms with Gasteiger partial charge < -0.3 is 10.2 Å². The first-order valence-corrected chi connectivity index (χ1v) is 14.8. The average Bonchev–Trinajstić information content (AvgIpc) is 2.89. The van der Waals surface area contributed by atoms with Gasteiger partial charge in [-0.15, -0.1) is 0 Å². The van der Waals surface area contributed by atoms with Crippen LogP contribution in [0.2, 0.25) is 0 Å². The quantitative estimate of drug-likeness (QED) is 0.349. The first-order valence-electron chi connectivity index (χ1n) is 13.3. The molecule has 1 N–H and O–H groups in total. The number of benzene rings is 3. The number of carbonyl (C=O) groups is 2. The maximum absolute atomic E-state index is 14.0. The highest BCUT2D eigenvalue weighted by Gasteiger charge is 2.33. The number of hydrogen-bond acceptors (Lipinski definition) is 4. The van der Waals surface area contributed by atoms with Gasteiger partial charge in [-0.05, 0) is 81.5 Å². The van der Waals surface area contributed by atoms with Crippen molar-refractivity contribution in [1.82, 2.24) is 10.2 Å². The lowest BCUT2D eigenvalue weighted by atomic mass is 10.1. The van der Waals surface area contributed by atoms with Gasteiger partial charge in [0.05, 0.1) is 10.6 Å². The van der Waals surface area contributed by atoms with Crippen LogP contribution in [0.3, 0.4) is 0 Å². The fourth-order valence-electron chi connectivity index (χ4n) is 4.62. The highest BCUT2D eigenvalue weighted by Crippen LogP contribution is 2.26. The molecule has 0 saturated carbocycles. The van der Waals surface area contributed by atoms with Crippen molar-refractivity contribution in [1.29, 1.82) is 0 Å². The first kappa shape index (κ1) is 29.9. The van der Waals surface area contributed by atoms with Crippen LogP contribution >= 0.6 is 0 Å². The van der Waals surface area contributed by atoms with Crippen LogP contribution in [-0.4, -0.2) is 50.3 Å². The van der Waals surface area contributed by atoms with Crippen molar-refractivity contribution in [3.8, 4) is 0 Å². The highest BCUT2D eigenvalue weighted by atomic mass is 32.2. The van der Waals surface area contributed by atoms with E-state index >= 15 is 0 Å². The molecule has 3 rings (SSSR count).